The first-order chi connectivity index (χ1) is 8.97. The van der Waals surface area contributed by atoms with Gasteiger partial charge in [-0.15, -0.1) is 0 Å². The molecule has 6 heteroatoms. The van der Waals surface area contributed by atoms with E-state index >= 15 is 0 Å². The van der Waals surface area contributed by atoms with E-state index in [1.54, 1.807) is 29.1 Å². The van der Waals surface area contributed by atoms with Crippen molar-refractivity contribution < 1.29 is 4.79 Å². The van der Waals surface area contributed by atoms with Crippen molar-refractivity contribution in [3.8, 4) is 0 Å². The highest BCUT2D eigenvalue weighted by Crippen LogP contribution is 2.24. The van der Waals surface area contributed by atoms with E-state index in [0.29, 0.717) is 16.4 Å². The Morgan fingerprint density at radius 2 is 2.21 bits per heavy atom. The Morgan fingerprint density at radius 1 is 1.47 bits per heavy atom. The van der Waals surface area contributed by atoms with Crippen LogP contribution < -0.4 is 11.1 Å². The Balaban J connectivity index is 2.07. The molecule has 0 saturated carbocycles. The molecule has 0 fully saturated rings. The van der Waals surface area contributed by atoms with Crippen LogP contribution in [-0.2, 0) is 11.3 Å². The third-order valence-corrected chi connectivity index (χ3v) is 3.24. The summed E-state index contributed by atoms with van der Waals surface area (Å²) in [5.74, 6) is -0.160. The molecule has 5 nitrogen and oxygen atoms in total. The molecule has 0 aliphatic rings. The molecule has 0 saturated heterocycles. The number of hydrogen-bond donors (Lipinski definition) is 2. The Hall–Kier alpha value is -2.01. The molecule has 19 heavy (non-hydrogen) atoms. The predicted octanol–water partition coefficient (Wildman–Crippen LogP) is 2.37. The number of imidazole rings is 1. The number of rotatable bonds is 3. The number of amides is 1. The van der Waals surface area contributed by atoms with Gasteiger partial charge in [-0.1, -0.05) is 11.6 Å². The largest absolute Gasteiger partial charge is 0.399 e. The SMILES string of the molecule is Cc1ncn(CC(=O)Nc2ccc(N)cc2Cl)c1C. The van der Waals surface area contributed by atoms with Gasteiger partial charge >= 0.3 is 0 Å². The molecule has 0 aliphatic carbocycles. The van der Waals surface area contributed by atoms with Crippen molar-refractivity contribution in [1.82, 2.24) is 9.55 Å². The van der Waals surface area contributed by atoms with E-state index in [4.69, 9.17) is 17.3 Å². The van der Waals surface area contributed by atoms with Crippen LogP contribution in [0.1, 0.15) is 11.4 Å². The Bertz CT molecular complexity index is 621. The van der Waals surface area contributed by atoms with E-state index in [1.165, 1.54) is 0 Å². The van der Waals surface area contributed by atoms with Crippen molar-refractivity contribution in [2.45, 2.75) is 20.4 Å². The van der Waals surface area contributed by atoms with Crippen LogP contribution in [0.15, 0.2) is 24.5 Å². The minimum Gasteiger partial charge on any atom is -0.399 e. The minimum atomic E-state index is -0.160. The number of halogens is 1. The number of carbonyl (C=O) groups excluding carboxylic acids is 1. The molecule has 0 radical (unpaired) electrons. The molecule has 100 valence electrons. The second kappa shape index (κ2) is 5.32. The van der Waals surface area contributed by atoms with Crippen molar-refractivity contribution in [3.63, 3.8) is 0 Å². The van der Waals surface area contributed by atoms with Crippen molar-refractivity contribution in [3.05, 3.63) is 40.9 Å². The van der Waals surface area contributed by atoms with Crippen LogP contribution in [-0.4, -0.2) is 15.5 Å². The number of benzene rings is 1. The Labute approximate surface area is 116 Å². The average Bonchev–Trinajstić information content (AvgIpc) is 2.65. The van der Waals surface area contributed by atoms with Gasteiger partial charge in [0.05, 0.1) is 22.7 Å². The zero-order valence-electron chi connectivity index (χ0n) is 10.8. The molecule has 3 N–H and O–H groups in total. The summed E-state index contributed by atoms with van der Waals surface area (Å²) in [4.78, 5) is 16.1. The van der Waals surface area contributed by atoms with E-state index in [1.807, 2.05) is 13.8 Å². The van der Waals surface area contributed by atoms with Gasteiger partial charge in [0.1, 0.15) is 6.54 Å². The van der Waals surface area contributed by atoms with Gasteiger partial charge in [0, 0.05) is 11.4 Å². The van der Waals surface area contributed by atoms with Crippen molar-refractivity contribution >= 4 is 28.9 Å². The van der Waals surface area contributed by atoms with E-state index in [0.717, 1.165) is 11.4 Å². The molecule has 2 aromatic rings. The molecule has 0 bridgehead atoms. The van der Waals surface area contributed by atoms with E-state index in [2.05, 4.69) is 10.3 Å². The molecule has 1 heterocycles. The first-order valence-electron chi connectivity index (χ1n) is 5.80. The second-order valence-corrected chi connectivity index (χ2v) is 4.74. The lowest BCUT2D eigenvalue weighted by Gasteiger charge is -2.09. The zero-order chi connectivity index (χ0) is 14.0. The van der Waals surface area contributed by atoms with Crippen LogP contribution in [0.5, 0.6) is 0 Å². The smallest absolute Gasteiger partial charge is 0.244 e. The van der Waals surface area contributed by atoms with E-state index in [9.17, 15) is 4.79 Å². The number of nitrogen functional groups attached to an aromatic ring is 1. The Kier molecular flexibility index (Phi) is 3.76. The van der Waals surface area contributed by atoms with Gasteiger partial charge < -0.3 is 15.6 Å². The number of nitrogens with zero attached hydrogens (tertiary/aromatic N) is 2. The maximum Gasteiger partial charge on any atom is 0.244 e. The summed E-state index contributed by atoms with van der Waals surface area (Å²) >= 11 is 6.00. The summed E-state index contributed by atoms with van der Waals surface area (Å²) in [6.07, 6.45) is 1.65. The third-order valence-electron chi connectivity index (χ3n) is 2.93. The average molecular weight is 279 g/mol. The molecule has 0 aliphatic heterocycles. The van der Waals surface area contributed by atoms with E-state index < -0.39 is 0 Å². The number of aromatic nitrogens is 2. The lowest BCUT2D eigenvalue weighted by Crippen LogP contribution is -2.19. The number of hydrogen-bond acceptors (Lipinski definition) is 3. The minimum absolute atomic E-state index is 0.160. The number of anilines is 2. The van der Waals surface area contributed by atoms with E-state index in [-0.39, 0.29) is 12.5 Å². The molecular formula is C13H15ClN4O. The van der Waals surface area contributed by atoms with Crippen LogP contribution in [0.3, 0.4) is 0 Å². The maximum atomic E-state index is 11.9. The summed E-state index contributed by atoms with van der Waals surface area (Å²) in [6.45, 7) is 4.03. The standard InChI is InChI=1S/C13H15ClN4O/c1-8-9(2)18(7-16-8)6-13(19)17-12-4-3-10(15)5-11(12)14/h3-5,7H,6,15H2,1-2H3,(H,17,19). The first-order valence-corrected chi connectivity index (χ1v) is 6.18. The van der Waals surface area contributed by atoms with Gasteiger partial charge in [0.25, 0.3) is 0 Å². The molecule has 2 rings (SSSR count). The van der Waals surface area contributed by atoms with Gasteiger partial charge in [0.2, 0.25) is 5.91 Å². The highest BCUT2D eigenvalue weighted by Gasteiger charge is 2.09. The topological polar surface area (TPSA) is 72.9 Å². The summed E-state index contributed by atoms with van der Waals surface area (Å²) in [5, 5.41) is 3.17. The molecular weight excluding hydrogens is 264 g/mol. The number of carbonyl (C=O) groups is 1. The third kappa shape index (κ3) is 3.06. The normalized spacial score (nSPS) is 10.5. The van der Waals surface area contributed by atoms with Crippen molar-refractivity contribution in [1.29, 1.82) is 0 Å². The zero-order valence-corrected chi connectivity index (χ0v) is 11.5. The molecule has 1 aromatic heterocycles. The number of aryl methyl sites for hydroxylation is 1. The van der Waals surface area contributed by atoms with Crippen LogP contribution >= 0.6 is 11.6 Å². The quantitative estimate of drug-likeness (QED) is 0.847. The highest BCUT2D eigenvalue weighted by molar-refractivity contribution is 6.34. The number of nitrogens with one attached hydrogen (secondary N) is 1. The van der Waals surface area contributed by atoms with Gasteiger partial charge in [-0.2, -0.15) is 0 Å². The summed E-state index contributed by atoms with van der Waals surface area (Å²) in [7, 11) is 0. The molecule has 1 aromatic carbocycles. The van der Waals surface area contributed by atoms with Crippen molar-refractivity contribution in [2.24, 2.45) is 0 Å². The van der Waals surface area contributed by atoms with Crippen LogP contribution in [0.2, 0.25) is 5.02 Å². The fraction of sp³-hybridized carbons (Fsp3) is 0.231. The van der Waals surface area contributed by atoms with Crippen LogP contribution in [0, 0.1) is 13.8 Å². The van der Waals surface area contributed by atoms with Gasteiger partial charge in [-0.05, 0) is 32.0 Å². The first kappa shape index (κ1) is 13.4. The fourth-order valence-electron chi connectivity index (χ4n) is 1.68. The summed E-state index contributed by atoms with van der Waals surface area (Å²) < 4.78 is 1.79. The summed E-state index contributed by atoms with van der Waals surface area (Å²) in [5.41, 5.74) is 8.59. The highest BCUT2D eigenvalue weighted by atomic mass is 35.5. The van der Waals surface area contributed by atoms with Gasteiger partial charge in [-0.3, -0.25) is 4.79 Å². The van der Waals surface area contributed by atoms with Crippen LogP contribution in [0.4, 0.5) is 11.4 Å². The predicted molar refractivity (Wildman–Crippen MR) is 76.2 cm³/mol. The van der Waals surface area contributed by atoms with Crippen molar-refractivity contribution in [2.75, 3.05) is 11.1 Å². The second-order valence-electron chi connectivity index (χ2n) is 4.33. The molecule has 0 unspecified atom stereocenters. The molecule has 1 amide bonds. The lowest BCUT2D eigenvalue weighted by molar-refractivity contribution is -0.116. The molecule has 0 atom stereocenters. The fourth-order valence-corrected chi connectivity index (χ4v) is 1.92. The molecule has 0 spiro atoms. The van der Waals surface area contributed by atoms with Crippen LogP contribution in [0.25, 0.3) is 0 Å². The van der Waals surface area contributed by atoms with Gasteiger partial charge in [-0.25, -0.2) is 4.98 Å². The summed E-state index contributed by atoms with van der Waals surface area (Å²) in [6, 6.07) is 4.97. The monoisotopic (exact) mass is 278 g/mol. The maximum absolute atomic E-state index is 11.9. The van der Waals surface area contributed by atoms with Gasteiger partial charge in [0.15, 0.2) is 0 Å². The Morgan fingerprint density at radius 3 is 2.79 bits per heavy atom. The lowest BCUT2D eigenvalue weighted by atomic mass is 10.3. The number of nitrogens with two attached hydrogens (primary N) is 1.